The number of hydrogen-bond donors (Lipinski definition) is 1. The molecule has 0 radical (unpaired) electrons. The van der Waals surface area contributed by atoms with Crippen molar-refractivity contribution in [2.24, 2.45) is 0 Å². The van der Waals surface area contributed by atoms with E-state index in [1.807, 2.05) is 24.3 Å². The molecule has 1 aromatic heterocycles. The molecular formula is C16H11BrClFN2. The van der Waals surface area contributed by atoms with Gasteiger partial charge >= 0.3 is 0 Å². The Hall–Kier alpha value is -1.65. The van der Waals surface area contributed by atoms with Gasteiger partial charge in [-0.25, -0.2) is 4.39 Å². The molecule has 0 amide bonds. The number of hydrogen-bond acceptors (Lipinski definition) is 2. The minimum atomic E-state index is -0.249. The summed E-state index contributed by atoms with van der Waals surface area (Å²) in [6, 6.07) is 12.1. The first-order chi connectivity index (χ1) is 10.1. The van der Waals surface area contributed by atoms with Gasteiger partial charge in [0.25, 0.3) is 0 Å². The fourth-order valence-electron chi connectivity index (χ4n) is 2.14. The van der Waals surface area contributed by atoms with Gasteiger partial charge < -0.3 is 5.32 Å². The maximum Gasteiger partial charge on any atom is 0.123 e. The Morgan fingerprint density at radius 1 is 1.14 bits per heavy atom. The van der Waals surface area contributed by atoms with Crippen molar-refractivity contribution in [2.75, 3.05) is 5.32 Å². The van der Waals surface area contributed by atoms with Crippen LogP contribution in [0.2, 0.25) is 5.02 Å². The van der Waals surface area contributed by atoms with Gasteiger partial charge in [0.1, 0.15) is 5.82 Å². The van der Waals surface area contributed by atoms with Crippen molar-refractivity contribution in [1.29, 1.82) is 0 Å². The number of aromatic nitrogens is 1. The van der Waals surface area contributed by atoms with Crippen LogP contribution in [0.4, 0.5) is 10.1 Å². The van der Waals surface area contributed by atoms with Gasteiger partial charge in [-0.15, -0.1) is 0 Å². The Morgan fingerprint density at radius 2 is 2.00 bits per heavy atom. The SMILES string of the molecule is Fc1ccc(Br)c(CNc2ccnc3cc(Cl)ccc23)c1. The lowest BCUT2D eigenvalue weighted by Gasteiger charge is -2.11. The molecule has 0 saturated heterocycles. The quantitative estimate of drug-likeness (QED) is 0.672. The third-order valence-corrected chi connectivity index (χ3v) is 4.19. The largest absolute Gasteiger partial charge is 0.380 e. The molecule has 0 bridgehead atoms. The zero-order valence-electron chi connectivity index (χ0n) is 10.9. The molecule has 0 spiro atoms. The van der Waals surface area contributed by atoms with Gasteiger partial charge in [-0.3, -0.25) is 4.98 Å². The number of benzene rings is 2. The molecule has 0 fully saturated rings. The number of pyridine rings is 1. The first-order valence-electron chi connectivity index (χ1n) is 6.35. The normalized spacial score (nSPS) is 10.8. The maximum atomic E-state index is 13.3. The lowest BCUT2D eigenvalue weighted by molar-refractivity contribution is 0.625. The van der Waals surface area contributed by atoms with Crippen molar-refractivity contribution < 1.29 is 4.39 Å². The number of anilines is 1. The third-order valence-electron chi connectivity index (χ3n) is 3.18. The van der Waals surface area contributed by atoms with E-state index in [0.29, 0.717) is 11.6 Å². The molecule has 0 aliphatic rings. The minimum absolute atomic E-state index is 0.249. The molecule has 2 aromatic carbocycles. The van der Waals surface area contributed by atoms with Crippen LogP contribution in [-0.4, -0.2) is 4.98 Å². The predicted molar refractivity (Wildman–Crippen MR) is 88.2 cm³/mol. The highest BCUT2D eigenvalue weighted by Crippen LogP contribution is 2.26. The highest BCUT2D eigenvalue weighted by atomic mass is 79.9. The minimum Gasteiger partial charge on any atom is -0.380 e. The summed E-state index contributed by atoms with van der Waals surface area (Å²) in [6.07, 6.45) is 1.72. The van der Waals surface area contributed by atoms with Crippen LogP contribution in [0.15, 0.2) is 53.1 Å². The Labute approximate surface area is 135 Å². The second kappa shape index (κ2) is 6.00. The molecule has 0 aliphatic heterocycles. The van der Waals surface area contributed by atoms with E-state index >= 15 is 0 Å². The maximum absolute atomic E-state index is 13.3. The van der Waals surface area contributed by atoms with E-state index in [1.54, 1.807) is 12.3 Å². The standard InChI is InChI=1S/C16H11BrClFN2/c17-14-4-2-12(19)7-10(14)9-21-15-5-6-20-16-8-11(18)1-3-13(15)16/h1-8H,9H2,(H,20,21). The molecule has 2 nitrogen and oxygen atoms in total. The lowest BCUT2D eigenvalue weighted by atomic mass is 10.1. The molecule has 1 N–H and O–H groups in total. The molecule has 3 rings (SSSR count). The number of halogens is 3. The second-order valence-corrected chi connectivity index (χ2v) is 5.90. The first kappa shape index (κ1) is 14.3. The molecule has 106 valence electrons. The highest BCUT2D eigenvalue weighted by molar-refractivity contribution is 9.10. The van der Waals surface area contributed by atoms with Crippen molar-refractivity contribution in [3.05, 3.63) is 69.5 Å². The van der Waals surface area contributed by atoms with E-state index in [4.69, 9.17) is 11.6 Å². The molecule has 3 aromatic rings. The van der Waals surface area contributed by atoms with E-state index in [2.05, 4.69) is 26.2 Å². The summed E-state index contributed by atoms with van der Waals surface area (Å²) in [5.74, 6) is -0.249. The zero-order chi connectivity index (χ0) is 14.8. The number of nitrogens with zero attached hydrogens (tertiary/aromatic N) is 1. The Morgan fingerprint density at radius 3 is 2.86 bits per heavy atom. The van der Waals surface area contributed by atoms with Crippen LogP contribution in [0.5, 0.6) is 0 Å². The van der Waals surface area contributed by atoms with Gasteiger partial charge in [0.05, 0.1) is 5.52 Å². The monoisotopic (exact) mass is 364 g/mol. The first-order valence-corrected chi connectivity index (χ1v) is 7.52. The van der Waals surface area contributed by atoms with Crippen LogP contribution < -0.4 is 5.32 Å². The molecule has 5 heteroatoms. The lowest BCUT2D eigenvalue weighted by Crippen LogP contribution is -2.01. The van der Waals surface area contributed by atoms with Crippen molar-refractivity contribution in [3.8, 4) is 0 Å². The summed E-state index contributed by atoms with van der Waals surface area (Å²) in [5.41, 5.74) is 2.62. The van der Waals surface area contributed by atoms with Crippen LogP contribution in [0.3, 0.4) is 0 Å². The van der Waals surface area contributed by atoms with Crippen LogP contribution >= 0.6 is 27.5 Å². The van der Waals surface area contributed by atoms with Crippen LogP contribution in [0, 0.1) is 5.82 Å². The third kappa shape index (κ3) is 3.17. The van der Waals surface area contributed by atoms with E-state index < -0.39 is 0 Å². The summed E-state index contributed by atoms with van der Waals surface area (Å²) >= 11 is 9.40. The molecule has 0 saturated carbocycles. The van der Waals surface area contributed by atoms with Crippen molar-refractivity contribution in [2.45, 2.75) is 6.54 Å². The van der Waals surface area contributed by atoms with Gasteiger partial charge in [-0.2, -0.15) is 0 Å². The smallest absolute Gasteiger partial charge is 0.123 e. The molecule has 0 aliphatic carbocycles. The van der Waals surface area contributed by atoms with Crippen LogP contribution in [0.1, 0.15) is 5.56 Å². The Bertz CT molecular complexity index is 807. The van der Waals surface area contributed by atoms with Gasteiger partial charge in [-0.05, 0) is 48.0 Å². The van der Waals surface area contributed by atoms with E-state index in [0.717, 1.165) is 26.6 Å². The molecule has 1 heterocycles. The van der Waals surface area contributed by atoms with Crippen molar-refractivity contribution in [1.82, 2.24) is 4.98 Å². The number of rotatable bonds is 3. The summed E-state index contributed by atoms with van der Waals surface area (Å²) in [6.45, 7) is 0.514. The summed E-state index contributed by atoms with van der Waals surface area (Å²) in [4.78, 5) is 4.30. The molecular weight excluding hydrogens is 355 g/mol. The van der Waals surface area contributed by atoms with Crippen LogP contribution in [0.25, 0.3) is 10.9 Å². The zero-order valence-corrected chi connectivity index (χ0v) is 13.2. The Balaban J connectivity index is 1.90. The van der Waals surface area contributed by atoms with Crippen LogP contribution in [-0.2, 0) is 6.54 Å². The van der Waals surface area contributed by atoms with Crippen molar-refractivity contribution >= 4 is 44.1 Å². The van der Waals surface area contributed by atoms with E-state index in [9.17, 15) is 4.39 Å². The van der Waals surface area contributed by atoms with Gasteiger partial charge in [0.15, 0.2) is 0 Å². The summed E-state index contributed by atoms with van der Waals surface area (Å²) in [7, 11) is 0. The van der Waals surface area contributed by atoms with Gasteiger partial charge in [-0.1, -0.05) is 27.5 Å². The highest BCUT2D eigenvalue weighted by Gasteiger charge is 2.05. The molecule has 0 atom stereocenters. The van der Waals surface area contributed by atoms with E-state index in [-0.39, 0.29) is 5.82 Å². The fraction of sp³-hybridized carbons (Fsp3) is 0.0625. The topological polar surface area (TPSA) is 24.9 Å². The number of nitrogens with one attached hydrogen (secondary N) is 1. The van der Waals surface area contributed by atoms with Gasteiger partial charge in [0.2, 0.25) is 0 Å². The van der Waals surface area contributed by atoms with E-state index in [1.165, 1.54) is 12.1 Å². The Kier molecular flexibility index (Phi) is 4.08. The molecule has 21 heavy (non-hydrogen) atoms. The summed E-state index contributed by atoms with van der Waals surface area (Å²) < 4.78 is 14.2. The molecule has 0 unspecified atom stereocenters. The van der Waals surface area contributed by atoms with Gasteiger partial charge in [0, 0.05) is 33.3 Å². The average molecular weight is 366 g/mol. The average Bonchev–Trinajstić information content (AvgIpc) is 2.47. The fourth-order valence-corrected chi connectivity index (χ4v) is 2.70. The van der Waals surface area contributed by atoms with Crippen molar-refractivity contribution in [3.63, 3.8) is 0 Å². The predicted octanol–water partition coefficient (Wildman–Crippen LogP) is 5.40. The summed E-state index contributed by atoms with van der Waals surface area (Å²) in [5, 5.41) is 4.95. The number of fused-ring (bicyclic) bond motifs is 1. The second-order valence-electron chi connectivity index (χ2n) is 4.61.